The highest BCUT2D eigenvalue weighted by atomic mass is 32.1. The molecule has 2 aliphatic carbocycles. The molecule has 1 atom stereocenters. The van der Waals surface area contributed by atoms with Crippen molar-refractivity contribution in [3.05, 3.63) is 256 Å². The minimum Gasteiger partial charge on any atom is -0.334 e. The molecule has 2 heterocycles. The van der Waals surface area contributed by atoms with Crippen LogP contribution in [-0.2, 0) is 10.8 Å². The maximum Gasteiger partial charge on any atom is 0.148 e. The van der Waals surface area contributed by atoms with Crippen LogP contribution in [0.4, 0.5) is 17.1 Å². The number of thiophene rings is 1. The molecule has 3 aliphatic rings. The van der Waals surface area contributed by atoms with E-state index in [1.807, 2.05) is 47.7 Å². The number of benzene rings is 9. The largest absolute Gasteiger partial charge is 0.334 e. The summed E-state index contributed by atoms with van der Waals surface area (Å²) in [6.07, 6.45) is 1.50. The third-order valence-electron chi connectivity index (χ3n) is 14.8. The van der Waals surface area contributed by atoms with Gasteiger partial charge < -0.3 is 9.80 Å². The molecule has 0 amide bonds. The average molecular weight is 879 g/mol. The zero-order valence-electron chi connectivity index (χ0n) is 37.5. The van der Waals surface area contributed by atoms with E-state index in [1.165, 1.54) is 87.2 Å². The minimum absolute atomic E-state index is 0.0993. The van der Waals surface area contributed by atoms with Crippen molar-refractivity contribution in [1.82, 2.24) is 4.90 Å². The molecule has 5 heteroatoms. The Morgan fingerprint density at radius 2 is 1.09 bits per heavy atom. The number of rotatable bonds is 6. The molecule has 0 fully saturated rings. The van der Waals surface area contributed by atoms with E-state index in [0.717, 1.165) is 22.4 Å². The van der Waals surface area contributed by atoms with Crippen LogP contribution in [0.1, 0.15) is 70.1 Å². The van der Waals surface area contributed by atoms with Crippen LogP contribution in [-0.4, -0.2) is 24.0 Å². The van der Waals surface area contributed by atoms with Crippen LogP contribution in [0, 0.1) is 5.41 Å². The second kappa shape index (κ2) is 14.8. The topological polar surface area (TPSA) is 42.7 Å². The molecule has 0 bridgehead atoms. The number of fused-ring (bicyclic) bond motifs is 15. The normalized spacial score (nSPS) is 14.9. The van der Waals surface area contributed by atoms with Gasteiger partial charge in [-0.05, 0) is 103 Å². The molecule has 67 heavy (non-hydrogen) atoms. The first-order chi connectivity index (χ1) is 32.8. The molecule has 0 radical (unpaired) electrons. The van der Waals surface area contributed by atoms with Crippen molar-refractivity contribution in [2.75, 3.05) is 11.9 Å². The Morgan fingerprint density at radius 1 is 0.537 bits per heavy atom. The molecule has 9 aromatic carbocycles. The molecular weight excluding hydrogens is 833 g/mol. The lowest BCUT2D eigenvalue weighted by atomic mass is 9.64. The Bertz CT molecular complexity index is 3600. The zero-order valence-corrected chi connectivity index (χ0v) is 38.4. The average Bonchev–Trinajstić information content (AvgIpc) is 3.98. The summed E-state index contributed by atoms with van der Waals surface area (Å²) >= 11 is 1.82. The van der Waals surface area contributed by atoms with E-state index in [9.17, 15) is 5.41 Å². The van der Waals surface area contributed by atoms with Gasteiger partial charge in [0.1, 0.15) is 12.0 Å². The quantitative estimate of drug-likeness (QED) is 0.134. The number of hydrogen-bond donors (Lipinski definition) is 1. The summed E-state index contributed by atoms with van der Waals surface area (Å²) in [7, 11) is 2.01. The highest BCUT2D eigenvalue weighted by molar-refractivity contribution is 7.26. The Balaban J connectivity index is 0.941. The van der Waals surface area contributed by atoms with E-state index in [1.54, 1.807) is 0 Å². The number of anilines is 3. The van der Waals surface area contributed by atoms with Gasteiger partial charge in [0.05, 0.1) is 22.5 Å². The number of para-hydroxylation sites is 2. The third kappa shape index (κ3) is 5.65. The second-order valence-electron chi connectivity index (χ2n) is 18.7. The first-order valence-corrected chi connectivity index (χ1v) is 23.9. The van der Waals surface area contributed by atoms with E-state index in [0.29, 0.717) is 5.84 Å². The molecular formula is C62H46N4S. The van der Waals surface area contributed by atoms with Crippen molar-refractivity contribution >= 4 is 60.6 Å². The van der Waals surface area contributed by atoms with Gasteiger partial charge in [-0.25, -0.2) is 0 Å². The predicted molar refractivity (Wildman–Crippen MR) is 280 cm³/mol. The van der Waals surface area contributed by atoms with Gasteiger partial charge in [-0.3, -0.25) is 10.4 Å². The maximum atomic E-state index is 9.74. The molecule has 13 rings (SSSR count). The number of nitrogens with one attached hydrogen (secondary N) is 1. The van der Waals surface area contributed by atoms with E-state index >= 15 is 0 Å². The van der Waals surface area contributed by atoms with Gasteiger partial charge in [0, 0.05) is 44.4 Å². The van der Waals surface area contributed by atoms with Gasteiger partial charge in [-0.15, -0.1) is 11.3 Å². The minimum atomic E-state index is -0.466. The standard InChI is InChI=1S/C62H46N4S/c1-61(2)47-23-10-7-22-44(47)46-36-40(33-35-48(46)61)59(63)65(3)60(64-38-39-18-5-4-6-19-39)41-32-34-45-57(37-41)67-56-31-17-30-55(58(45)56)66-53-28-15-13-26-51(53)62(52-27-14-16-29-54(52)66)49-24-11-8-20-42(49)43-21-9-12-25-50(43)62/h4-38,60,63H,1-3H3. The van der Waals surface area contributed by atoms with E-state index in [-0.39, 0.29) is 5.41 Å². The Hall–Kier alpha value is -7.86. The Labute approximate surface area is 395 Å². The maximum absolute atomic E-state index is 9.74. The van der Waals surface area contributed by atoms with Crippen LogP contribution in [0.15, 0.2) is 211 Å². The highest BCUT2D eigenvalue weighted by Crippen LogP contribution is 2.64. The van der Waals surface area contributed by atoms with E-state index < -0.39 is 11.6 Å². The zero-order chi connectivity index (χ0) is 45.0. The van der Waals surface area contributed by atoms with Crippen LogP contribution in [0.5, 0.6) is 0 Å². The van der Waals surface area contributed by atoms with Gasteiger partial charge in [-0.2, -0.15) is 0 Å². The van der Waals surface area contributed by atoms with Gasteiger partial charge >= 0.3 is 0 Å². The summed E-state index contributed by atoms with van der Waals surface area (Å²) in [5.41, 5.74) is 18.8. The lowest BCUT2D eigenvalue weighted by Gasteiger charge is -2.45. The summed E-state index contributed by atoms with van der Waals surface area (Å²) in [4.78, 5) is 9.80. The summed E-state index contributed by atoms with van der Waals surface area (Å²) in [6, 6.07) is 75.2. The van der Waals surface area contributed by atoms with Crippen molar-refractivity contribution in [1.29, 1.82) is 5.41 Å². The van der Waals surface area contributed by atoms with Gasteiger partial charge in [0.25, 0.3) is 0 Å². The Kier molecular flexibility index (Phi) is 8.74. The van der Waals surface area contributed by atoms with Crippen molar-refractivity contribution < 1.29 is 0 Å². The molecule has 1 unspecified atom stereocenters. The van der Waals surface area contributed by atoms with E-state index in [2.05, 4.69) is 207 Å². The third-order valence-corrected chi connectivity index (χ3v) is 15.9. The summed E-state index contributed by atoms with van der Waals surface area (Å²) in [5.74, 6) is 0.423. The highest BCUT2D eigenvalue weighted by Gasteiger charge is 2.51. The molecule has 320 valence electrons. The fourth-order valence-corrected chi connectivity index (χ4v) is 13.0. The SMILES string of the molecule is CN(C(=N)c1ccc2c(c1)-c1ccccc1C2(C)C)C(N=Cc1ccccc1)c1ccc2c(c1)sc1cccc(N3c4ccccc4C4(c5ccccc5-c5ccccc54)c4ccccc43)c12. The number of aliphatic imine (C=N–C) groups is 1. The molecule has 1 spiro atoms. The predicted octanol–water partition coefficient (Wildman–Crippen LogP) is 15.6. The van der Waals surface area contributed by atoms with Crippen LogP contribution < -0.4 is 4.90 Å². The smallest absolute Gasteiger partial charge is 0.148 e. The second-order valence-corrected chi connectivity index (χ2v) is 19.8. The van der Waals surface area contributed by atoms with Gasteiger partial charge in [-0.1, -0.05) is 184 Å². The fraction of sp³-hybridized carbons (Fsp3) is 0.0968. The summed E-state index contributed by atoms with van der Waals surface area (Å²) in [5, 5.41) is 12.2. The molecule has 4 nitrogen and oxygen atoms in total. The molecule has 10 aromatic rings. The first-order valence-electron chi connectivity index (χ1n) is 23.1. The molecule has 1 N–H and O–H groups in total. The monoisotopic (exact) mass is 878 g/mol. The first kappa shape index (κ1) is 39.5. The van der Waals surface area contributed by atoms with Crippen LogP contribution >= 0.6 is 11.3 Å². The summed E-state index contributed by atoms with van der Waals surface area (Å²) < 4.78 is 2.41. The lowest BCUT2D eigenvalue weighted by Crippen LogP contribution is -2.36. The summed E-state index contributed by atoms with van der Waals surface area (Å²) in [6.45, 7) is 4.59. The van der Waals surface area contributed by atoms with Crippen LogP contribution in [0.25, 0.3) is 42.4 Å². The van der Waals surface area contributed by atoms with Crippen LogP contribution in [0.2, 0.25) is 0 Å². The molecule has 1 aromatic heterocycles. The van der Waals surface area contributed by atoms with Gasteiger partial charge in [0.15, 0.2) is 0 Å². The van der Waals surface area contributed by atoms with Gasteiger partial charge in [0.2, 0.25) is 0 Å². The number of hydrogen-bond acceptors (Lipinski definition) is 4. The van der Waals surface area contributed by atoms with Crippen LogP contribution in [0.3, 0.4) is 0 Å². The van der Waals surface area contributed by atoms with Crippen molar-refractivity contribution in [3.8, 4) is 22.3 Å². The van der Waals surface area contributed by atoms with E-state index in [4.69, 9.17) is 4.99 Å². The number of nitrogens with zero attached hydrogens (tertiary/aromatic N) is 3. The van der Waals surface area contributed by atoms with Crippen molar-refractivity contribution in [2.45, 2.75) is 30.8 Å². The Morgan fingerprint density at radius 3 is 1.76 bits per heavy atom. The molecule has 0 saturated carbocycles. The van der Waals surface area contributed by atoms with Crippen molar-refractivity contribution in [2.24, 2.45) is 4.99 Å². The lowest BCUT2D eigenvalue weighted by molar-refractivity contribution is 0.388. The number of amidine groups is 1. The van der Waals surface area contributed by atoms with Crippen molar-refractivity contribution in [3.63, 3.8) is 0 Å². The molecule has 1 aliphatic heterocycles. The fourth-order valence-electron chi connectivity index (χ4n) is 11.8. The molecule has 0 saturated heterocycles.